The van der Waals surface area contributed by atoms with Gasteiger partial charge in [0, 0.05) is 12.0 Å². The van der Waals surface area contributed by atoms with Gasteiger partial charge in [-0.15, -0.1) is 0 Å². The van der Waals surface area contributed by atoms with Crippen LogP contribution in [-0.4, -0.2) is 21.4 Å². The predicted octanol–water partition coefficient (Wildman–Crippen LogP) is 3.39. The van der Waals surface area contributed by atoms with Crippen molar-refractivity contribution in [3.05, 3.63) is 21.1 Å². The molecule has 0 bridgehead atoms. The van der Waals surface area contributed by atoms with Crippen LogP contribution in [0.3, 0.4) is 0 Å². The molecule has 1 fully saturated rings. The highest BCUT2D eigenvalue weighted by molar-refractivity contribution is 14.1. The Morgan fingerprint density at radius 1 is 1.47 bits per heavy atom. The normalized spacial score (nSPS) is 20.9. The summed E-state index contributed by atoms with van der Waals surface area (Å²) in [7, 11) is 0. The first-order chi connectivity index (χ1) is 8.25. The molecule has 0 saturated carbocycles. The van der Waals surface area contributed by atoms with Crippen molar-refractivity contribution in [2.45, 2.75) is 25.5 Å². The van der Waals surface area contributed by atoms with E-state index in [1.807, 2.05) is 10.7 Å². The van der Waals surface area contributed by atoms with E-state index in [0.717, 1.165) is 34.1 Å². The van der Waals surface area contributed by atoms with Crippen molar-refractivity contribution in [3.63, 3.8) is 0 Å². The number of nitrogens with zero attached hydrogens (tertiary/aromatic N) is 3. The molecule has 1 aliphatic heterocycles. The van der Waals surface area contributed by atoms with Crippen LogP contribution in [-0.2, 0) is 4.74 Å². The lowest BCUT2D eigenvalue weighted by Gasteiger charge is -2.23. The second-order valence-corrected chi connectivity index (χ2v) is 5.49. The lowest BCUT2D eigenvalue weighted by molar-refractivity contribution is -0.0369. The van der Waals surface area contributed by atoms with Gasteiger partial charge in [-0.1, -0.05) is 11.6 Å². The largest absolute Gasteiger partial charge is 0.356 e. The van der Waals surface area contributed by atoms with Gasteiger partial charge in [0.05, 0.1) is 11.7 Å². The first-order valence-electron chi connectivity index (χ1n) is 5.56. The van der Waals surface area contributed by atoms with Crippen molar-refractivity contribution < 1.29 is 4.74 Å². The second kappa shape index (κ2) is 4.70. The van der Waals surface area contributed by atoms with E-state index >= 15 is 0 Å². The highest BCUT2D eigenvalue weighted by Gasteiger charge is 2.20. The van der Waals surface area contributed by atoms with E-state index in [4.69, 9.17) is 16.3 Å². The average Bonchev–Trinajstić information content (AvgIpc) is 2.68. The topological polar surface area (TPSA) is 39.9 Å². The predicted molar refractivity (Wildman–Crippen MR) is 74.1 cm³/mol. The van der Waals surface area contributed by atoms with E-state index in [-0.39, 0.29) is 6.23 Å². The zero-order valence-electron chi connectivity index (χ0n) is 9.07. The summed E-state index contributed by atoms with van der Waals surface area (Å²) in [5.41, 5.74) is 0.991. The smallest absolute Gasteiger partial charge is 0.150 e. The van der Waals surface area contributed by atoms with E-state index in [1.165, 1.54) is 6.42 Å². The van der Waals surface area contributed by atoms with Crippen LogP contribution in [0.25, 0.3) is 10.9 Å². The molecule has 6 heteroatoms. The summed E-state index contributed by atoms with van der Waals surface area (Å²) in [4.78, 5) is 4.12. The first kappa shape index (κ1) is 11.7. The first-order valence-corrected chi connectivity index (χ1v) is 7.02. The molecule has 1 aliphatic rings. The van der Waals surface area contributed by atoms with Gasteiger partial charge < -0.3 is 4.74 Å². The number of hydrogen-bond donors (Lipinski definition) is 0. The zero-order valence-corrected chi connectivity index (χ0v) is 12.0. The molecule has 1 saturated heterocycles. The highest BCUT2D eigenvalue weighted by Crippen LogP contribution is 2.29. The van der Waals surface area contributed by atoms with Crippen molar-refractivity contribution in [3.8, 4) is 0 Å². The summed E-state index contributed by atoms with van der Waals surface area (Å²) < 4.78 is 8.62. The van der Waals surface area contributed by atoms with Crippen molar-refractivity contribution in [1.82, 2.24) is 14.8 Å². The molecule has 2 aromatic rings. The van der Waals surface area contributed by atoms with E-state index in [9.17, 15) is 0 Å². The summed E-state index contributed by atoms with van der Waals surface area (Å²) in [6.45, 7) is 0.809. The van der Waals surface area contributed by atoms with Gasteiger partial charge >= 0.3 is 0 Å². The van der Waals surface area contributed by atoms with Gasteiger partial charge in [-0.05, 0) is 47.9 Å². The molecule has 4 nitrogen and oxygen atoms in total. The van der Waals surface area contributed by atoms with Gasteiger partial charge in [-0.2, -0.15) is 5.10 Å². The van der Waals surface area contributed by atoms with Crippen molar-refractivity contribution in [2.75, 3.05) is 6.61 Å². The van der Waals surface area contributed by atoms with E-state index in [0.29, 0.717) is 5.15 Å². The molecular weight excluding hydrogens is 352 g/mol. The molecule has 0 aromatic carbocycles. The third-order valence-corrected chi connectivity index (χ3v) is 3.95. The van der Waals surface area contributed by atoms with Crippen LogP contribution in [0.5, 0.6) is 0 Å². The quantitative estimate of drug-likeness (QED) is 0.576. The minimum atomic E-state index is 0.0396. The zero-order chi connectivity index (χ0) is 11.8. The van der Waals surface area contributed by atoms with E-state index < -0.39 is 0 Å². The Bertz CT molecular complexity index is 551. The molecule has 3 heterocycles. The maximum atomic E-state index is 5.90. The maximum Gasteiger partial charge on any atom is 0.150 e. The molecule has 0 radical (unpaired) electrons. The molecule has 90 valence electrons. The molecule has 0 amide bonds. The van der Waals surface area contributed by atoms with Gasteiger partial charge in [-0.25, -0.2) is 9.67 Å². The third kappa shape index (κ3) is 2.15. The summed E-state index contributed by atoms with van der Waals surface area (Å²) in [6.07, 6.45) is 5.14. The molecule has 0 N–H and O–H groups in total. The average molecular weight is 364 g/mol. The van der Waals surface area contributed by atoms with Gasteiger partial charge in [-0.3, -0.25) is 0 Å². The molecular formula is C11H11ClIN3O. The minimum Gasteiger partial charge on any atom is -0.356 e. The van der Waals surface area contributed by atoms with Gasteiger partial charge in [0.2, 0.25) is 0 Å². The fourth-order valence-electron chi connectivity index (χ4n) is 2.11. The summed E-state index contributed by atoms with van der Waals surface area (Å²) in [5.74, 6) is 0. The molecule has 1 atom stereocenters. The summed E-state index contributed by atoms with van der Waals surface area (Å²) in [6, 6.07) is 1.85. The van der Waals surface area contributed by atoms with Gasteiger partial charge in [0.1, 0.15) is 8.85 Å². The Kier molecular flexibility index (Phi) is 3.23. The maximum absolute atomic E-state index is 5.90. The number of hydrogen-bond acceptors (Lipinski definition) is 3. The van der Waals surface area contributed by atoms with E-state index in [1.54, 1.807) is 6.20 Å². The lowest BCUT2D eigenvalue weighted by atomic mass is 10.2. The van der Waals surface area contributed by atoms with Crippen LogP contribution in [0.15, 0.2) is 12.3 Å². The van der Waals surface area contributed by atoms with Crippen LogP contribution < -0.4 is 0 Å². The molecule has 2 aromatic heterocycles. The number of halogens is 2. The lowest BCUT2D eigenvalue weighted by Crippen LogP contribution is -2.19. The van der Waals surface area contributed by atoms with E-state index in [2.05, 4.69) is 32.7 Å². The molecule has 0 spiro atoms. The van der Waals surface area contributed by atoms with Gasteiger partial charge in [0.25, 0.3) is 0 Å². The second-order valence-electron chi connectivity index (χ2n) is 4.08. The number of fused-ring (bicyclic) bond motifs is 1. The van der Waals surface area contributed by atoms with Crippen molar-refractivity contribution in [1.29, 1.82) is 0 Å². The van der Waals surface area contributed by atoms with Crippen molar-refractivity contribution in [2.24, 2.45) is 0 Å². The van der Waals surface area contributed by atoms with Gasteiger partial charge in [0.15, 0.2) is 6.23 Å². The standard InChI is InChI=1S/C11H11ClIN3O/c12-9-5-7-8(6-14-9)16(15-11(7)13)10-3-1-2-4-17-10/h5-6,10H,1-4H2. The monoisotopic (exact) mass is 363 g/mol. The highest BCUT2D eigenvalue weighted by atomic mass is 127. The van der Waals surface area contributed by atoms with Crippen molar-refractivity contribution >= 4 is 45.1 Å². The Balaban J connectivity index is 2.10. The summed E-state index contributed by atoms with van der Waals surface area (Å²) >= 11 is 8.12. The number of pyridine rings is 1. The summed E-state index contributed by atoms with van der Waals surface area (Å²) in [5, 5.41) is 6.08. The Morgan fingerprint density at radius 2 is 2.35 bits per heavy atom. The number of rotatable bonds is 1. The fraction of sp³-hybridized carbons (Fsp3) is 0.455. The number of ether oxygens (including phenoxy) is 1. The van der Waals surface area contributed by atoms with Crippen LogP contribution in [0.4, 0.5) is 0 Å². The molecule has 0 aliphatic carbocycles. The van der Waals surface area contributed by atoms with Crippen LogP contribution in [0.1, 0.15) is 25.5 Å². The number of aromatic nitrogens is 3. The van der Waals surface area contributed by atoms with Crippen LogP contribution >= 0.6 is 34.2 Å². The Labute approximate surface area is 117 Å². The third-order valence-electron chi connectivity index (χ3n) is 2.94. The molecule has 1 unspecified atom stereocenters. The molecule has 3 rings (SSSR count). The SMILES string of the molecule is Clc1cc2c(I)nn(C3CCCCO3)c2cn1. The van der Waals surface area contributed by atoms with Crippen LogP contribution in [0, 0.1) is 3.70 Å². The Morgan fingerprint density at radius 3 is 3.12 bits per heavy atom. The minimum absolute atomic E-state index is 0.0396. The van der Waals surface area contributed by atoms with Crippen LogP contribution in [0.2, 0.25) is 5.15 Å². The Hall–Kier alpha value is -0.400. The fourth-order valence-corrected chi connectivity index (χ4v) is 2.93. The molecule has 17 heavy (non-hydrogen) atoms.